The summed E-state index contributed by atoms with van der Waals surface area (Å²) in [6.45, 7) is 8.20. The summed E-state index contributed by atoms with van der Waals surface area (Å²) in [6, 6.07) is 11.9. The highest BCUT2D eigenvalue weighted by molar-refractivity contribution is 7.07. The van der Waals surface area contributed by atoms with E-state index in [4.69, 9.17) is 32.7 Å². The van der Waals surface area contributed by atoms with Gasteiger partial charge in [-0.3, -0.25) is 9.36 Å². The van der Waals surface area contributed by atoms with E-state index in [1.165, 1.54) is 17.4 Å². The lowest BCUT2D eigenvalue weighted by atomic mass is 9.96. The normalized spacial score (nSPS) is 15.2. The number of esters is 1. The zero-order valence-electron chi connectivity index (χ0n) is 21.2. The highest BCUT2D eigenvalue weighted by Crippen LogP contribution is 2.32. The van der Waals surface area contributed by atoms with Crippen molar-refractivity contribution in [2.24, 2.45) is 4.99 Å². The van der Waals surface area contributed by atoms with Crippen LogP contribution < -0.4 is 19.6 Å². The second-order valence-corrected chi connectivity index (χ2v) is 10.6. The Morgan fingerprint density at radius 1 is 1.16 bits per heavy atom. The van der Waals surface area contributed by atoms with Crippen molar-refractivity contribution in [3.8, 4) is 5.75 Å². The molecule has 38 heavy (non-hydrogen) atoms. The summed E-state index contributed by atoms with van der Waals surface area (Å²) in [5, 5.41) is 0.826. The number of aromatic nitrogens is 1. The molecule has 2 heterocycles. The quantitative estimate of drug-likeness (QED) is 0.174. The Bertz CT molecular complexity index is 1550. The van der Waals surface area contributed by atoms with Gasteiger partial charge >= 0.3 is 5.97 Å². The number of rotatable bonds is 10. The van der Waals surface area contributed by atoms with Crippen LogP contribution >= 0.6 is 34.5 Å². The largest absolute Gasteiger partial charge is 0.494 e. The van der Waals surface area contributed by atoms with Gasteiger partial charge in [0.2, 0.25) is 0 Å². The minimum absolute atomic E-state index is 0.0502. The monoisotopic (exact) mass is 570 g/mol. The first-order valence-electron chi connectivity index (χ1n) is 12.3. The Hall–Kier alpha value is -3.13. The van der Waals surface area contributed by atoms with Crippen LogP contribution in [0.2, 0.25) is 10.0 Å². The molecule has 2 aromatic carbocycles. The summed E-state index contributed by atoms with van der Waals surface area (Å²) in [5.41, 5.74) is 1.99. The van der Waals surface area contributed by atoms with Crippen LogP contribution in [-0.2, 0) is 9.53 Å². The maximum absolute atomic E-state index is 13.7. The van der Waals surface area contributed by atoms with Gasteiger partial charge in [-0.05, 0) is 54.8 Å². The first-order chi connectivity index (χ1) is 18.3. The summed E-state index contributed by atoms with van der Waals surface area (Å²) >= 11 is 13.5. The average Bonchev–Trinajstić information content (AvgIpc) is 3.21. The number of nitrogens with zero attached hydrogens (tertiary/aromatic N) is 2. The number of allylic oxidation sites excluding steroid dienone is 1. The number of halogens is 2. The molecule has 6 nitrogen and oxygen atoms in total. The minimum atomic E-state index is -0.714. The van der Waals surface area contributed by atoms with Crippen molar-refractivity contribution < 1.29 is 14.3 Å². The topological polar surface area (TPSA) is 69.9 Å². The van der Waals surface area contributed by atoms with Crippen LogP contribution in [0.15, 0.2) is 76.2 Å². The van der Waals surface area contributed by atoms with Crippen molar-refractivity contribution in [2.75, 3.05) is 13.2 Å². The molecule has 0 N–H and O–H groups in total. The van der Waals surface area contributed by atoms with E-state index in [1.54, 1.807) is 35.8 Å². The number of hydrogen-bond donors (Lipinski definition) is 0. The van der Waals surface area contributed by atoms with Crippen LogP contribution in [0, 0.1) is 0 Å². The van der Waals surface area contributed by atoms with Crippen molar-refractivity contribution >= 4 is 46.6 Å². The molecule has 0 radical (unpaired) electrons. The molecule has 4 rings (SSSR count). The molecular formula is C29H28Cl2N2O4S. The van der Waals surface area contributed by atoms with Crippen LogP contribution in [0.3, 0.4) is 0 Å². The predicted octanol–water partition coefficient (Wildman–Crippen LogP) is 5.84. The second kappa shape index (κ2) is 12.6. The van der Waals surface area contributed by atoms with E-state index in [0.29, 0.717) is 37.3 Å². The van der Waals surface area contributed by atoms with Crippen molar-refractivity contribution in [3.05, 3.63) is 107 Å². The summed E-state index contributed by atoms with van der Waals surface area (Å²) in [5.74, 6) is 0.183. The molecule has 1 unspecified atom stereocenters. The number of carbonyl (C=O) groups is 1. The van der Waals surface area contributed by atoms with Gasteiger partial charge in [-0.2, -0.15) is 0 Å². The van der Waals surface area contributed by atoms with E-state index in [-0.39, 0.29) is 12.2 Å². The molecule has 1 aliphatic heterocycles. The zero-order valence-corrected chi connectivity index (χ0v) is 23.5. The highest BCUT2D eigenvalue weighted by Gasteiger charge is 2.33. The van der Waals surface area contributed by atoms with Crippen molar-refractivity contribution in [1.82, 2.24) is 4.57 Å². The van der Waals surface area contributed by atoms with E-state index >= 15 is 0 Å². The van der Waals surface area contributed by atoms with Gasteiger partial charge in [0.1, 0.15) is 12.4 Å². The van der Waals surface area contributed by atoms with Crippen LogP contribution in [0.25, 0.3) is 6.08 Å². The van der Waals surface area contributed by atoms with Crippen LogP contribution in [0.5, 0.6) is 5.75 Å². The number of hydrogen-bond acceptors (Lipinski definition) is 6. The van der Waals surface area contributed by atoms with Gasteiger partial charge in [0.05, 0.1) is 38.5 Å². The van der Waals surface area contributed by atoms with Gasteiger partial charge in [0.15, 0.2) is 4.80 Å². The van der Waals surface area contributed by atoms with Crippen LogP contribution in [-0.4, -0.2) is 23.8 Å². The summed E-state index contributed by atoms with van der Waals surface area (Å²) in [7, 11) is 0. The maximum Gasteiger partial charge on any atom is 0.338 e. The molecule has 0 spiro atoms. The standard InChI is InChI=1S/C29H28Cl2N2O4S/c1-4-6-7-15-36-21-11-9-20(10-12-21)26-25(28(35)37-14-5-2)18(3)32-29-33(26)27(34)24(38-29)17-19-8-13-22(30)23(31)16-19/h5,8-13,16-17,26H,2,4,6-7,14-15H2,1,3H3/b24-17-. The number of thiazole rings is 1. The molecule has 1 atom stereocenters. The third kappa shape index (κ3) is 6.12. The molecule has 0 saturated carbocycles. The smallest absolute Gasteiger partial charge is 0.338 e. The lowest BCUT2D eigenvalue weighted by Crippen LogP contribution is -2.39. The number of unbranched alkanes of at least 4 members (excludes halogenated alkanes) is 2. The van der Waals surface area contributed by atoms with E-state index < -0.39 is 12.0 Å². The summed E-state index contributed by atoms with van der Waals surface area (Å²) in [4.78, 5) is 32.0. The third-order valence-corrected chi connectivity index (χ3v) is 7.75. The third-order valence-electron chi connectivity index (χ3n) is 6.03. The molecule has 198 valence electrons. The fourth-order valence-electron chi connectivity index (χ4n) is 4.15. The Labute approximate surface area is 235 Å². The summed E-state index contributed by atoms with van der Waals surface area (Å²) < 4.78 is 13.2. The Kier molecular flexibility index (Phi) is 9.26. The molecule has 1 aromatic heterocycles. The highest BCUT2D eigenvalue weighted by atomic mass is 35.5. The molecule has 0 fully saturated rings. The van der Waals surface area contributed by atoms with Gasteiger partial charge in [-0.15, -0.1) is 0 Å². The lowest BCUT2D eigenvalue weighted by molar-refractivity contribution is -0.138. The lowest BCUT2D eigenvalue weighted by Gasteiger charge is -2.24. The van der Waals surface area contributed by atoms with Gasteiger partial charge in [-0.25, -0.2) is 9.79 Å². The molecule has 0 amide bonds. The summed E-state index contributed by atoms with van der Waals surface area (Å²) in [6.07, 6.45) is 6.45. The van der Waals surface area contributed by atoms with Crippen LogP contribution in [0.1, 0.15) is 50.3 Å². The fourth-order valence-corrected chi connectivity index (χ4v) is 5.51. The minimum Gasteiger partial charge on any atom is -0.494 e. The number of carbonyl (C=O) groups excluding carboxylic acids is 1. The average molecular weight is 572 g/mol. The van der Waals surface area contributed by atoms with Gasteiger partial charge in [0, 0.05) is 0 Å². The SMILES string of the molecule is C=CCOC(=O)C1=C(C)N=c2s/c(=C\c3ccc(Cl)c(Cl)c3)c(=O)n2C1c1ccc(OCCCCC)cc1. The Morgan fingerprint density at radius 2 is 1.92 bits per heavy atom. The molecule has 3 aromatic rings. The van der Waals surface area contributed by atoms with E-state index in [9.17, 15) is 9.59 Å². The molecule has 0 aliphatic carbocycles. The molecule has 0 bridgehead atoms. The number of ether oxygens (including phenoxy) is 2. The van der Waals surface area contributed by atoms with Gasteiger partial charge in [-0.1, -0.05) is 85.2 Å². The van der Waals surface area contributed by atoms with Crippen LogP contribution in [0.4, 0.5) is 0 Å². The first-order valence-corrected chi connectivity index (χ1v) is 13.9. The van der Waals surface area contributed by atoms with E-state index in [2.05, 4.69) is 18.5 Å². The van der Waals surface area contributed by atoms with Crippen molar-refractivity contribution in [2.45, 2.75) is 39.2 Å². The zero-order chi connectivity index (χ0) is 27.2. The fraction of sp³-hybridized carbons (Fsp3) is 0.276. The second-order valence-electron chi connectivity index (χ2n) is 8.77. The van der Waals surface area contributed by atoms with E-state index in [1.807, 2.05) is 24.3 Å². The van der Waals surface area contributed by atoms with E-state index in [0.717, 1.165) is 36.1 Å². The molecular weight excluding hydrogens is 543 g/mol. The van der Waals surface area contributed by atoms with Crippen molar-refractivity contribution in [3.63, 3.8) is 0 Å². The van der Waals surface area contributed by atoms with Crippen molar-refractivity contribution in [1.29, 1.82) is 0 Å². The molecule has 9 heteroatoms. The number of fused-ring (bicyclic) bond motifs is 1. The first kappa shape index (κ1) is 27.9. The number of benzene rings is 2. The van der Waals surface area contributed by atoms with Gasteiger partial charge in [0.25, 0.3) is 5.56 Å². The molecule has 1 aliphatic rings. The van der Waals surface area contributed by atoms with Gasteiger partial charge < -0.3 is 9.47 Å². The molecule has 0 saturated heterocycles. The maximum atomic E-state index is 13.7. The predicted molar refractivity (Wildman–Crippen MR) is 153 cm³/mol. The Balaban J connectivity index is 1.80. The Morgan fingerprint density at radius 3 is 2.61 bits per heavy atom.